The van der Waals surface area contributed by atoms with Gasteiger partial charge in [-0.3, -0.25) is 14.6 Å². The van der Waals surface area contributed by atoms with Crippen molar-refractivity contribution in [1.82, 2.24) is 9.88 Å². The summed E-state index contributed by atoms with van der Waals surface area (Å²) in [5.74, 6) is -0.416. The predicted octanol–water partition coefficient (Wildman–Crippen LogP) is 2.36. The van der Waals surface area contributed by atoms with Crippen molar-refractivity contribution in [2.45, 2.75) is 39.0 Å². The van der Waals surface area contributed by atoms with Gasteiger partial charge in [-0.05, 0) is 43.2 Å². The van der Waals surface area contributed by atoms with Crippen molar-refractivity contribution in [2.75, 3.05) is 13.1 Å². The molecule has 1 aliphatic heterocycles. The fraction of sp³-hybridized carbons (Fsp3) is 0.562. The van der Waals surface area contributed by atoms with Crippen molar-refractivity contribution in [1.29, 1.82) is 0 Å². The van der Waals surface area contributed by atoms with E-state index in [0.29, 0.717) is 18.9 Å². The number of nitrogens with zero attached hydrogens (tertiary/aromatic N) is 2. The van der Waals surface area contributed by atoms with Crippen LogP contribution in [-0.2, 0) is 11.2 Å². The van der Waals surface area contributed by atoms with Crippen molar-refractivity contribution in [3.8, 4) is 0 Å². The van der Waals surface area contributed by atoms with Crippen molar-refractivity contribution in [3.05, 3.63) is 29.6 Å². The number of likely N-dealkylation sites (tertiary alicyclic amines) is 1. The second-order valence-electron chi connectivity index (χ2n) is 5.58. The molecule has 5 nitrogen and oxygen atoms in total. The highest BCUT2D eigenvalue weighted by molar-refractivity contribution is 5.95. The molecule has 0 aliphatic carbocycles. The number of pyridine rings is 1. The van der Waals surface area contributed by atoms with E-state index in [1.54, 1.807) is 18.5 Å². The highest BCUT2D eigenvalue weighted by Gasteiger charge is 2.25. The molecule has 5 heteroatoms. The maximum Gasteiger partial charge on any atom is 0.303 e. The maximum atomic E-state index is 12.6. The molecule has 1 atom stereocenters. The number of aryl methyl sites for hydroxylation is 1. The third-order valence-electron chi connectivity index (χ3n) is 4.09. The number of carbonyl (C=O) groups is 2. The van der Waals surface area contributed by atoms with Crippen LogP contribution >= 0.6 is 0 Å². The van der Waals surface area contributed by atoms with Crippen LogP contribution in [0.4, 0.5) is 0 Å². The molecular formula is C16H22N2O3. The van der Waals surface area contributed by atoms with Gasteiger partial charge in [0.05, 0.1) is 0 Å². The van der Waals surface area contributed by atoms with Crippen molar-refractivity contribution < 1.29 is 14.7 Å². The Hall–Kier alpha value is -1.91. The van der Waals surface area contributed by atoms with Crippen LogP contribution in [0.25, 0.3) is 0 Å². The van der Waals surface area contributed by atoms with Gasteiger partial charge in [0.1, 0.15) is 0 Å². The molecule has 1 aromatic heterocycles. The van der Waals surface area contributed by atoms with Gasteiger partial charge in [-0.15, -0.1) is 0 Å². The second-order valence-corrected chi connectivity index (χ2v) is 5.58. The quantitative estimate of drug-likeness (QED) is 0.903. The molecule has 0 spiro atoms. The van der Waals surface area contributed by atoms with Crippen molar-refractivity contribution in [3.63, 3.8) is 0 Å². The van der Waals surface area contributed by atoms with E-state index < -0.39 is 5.97 Å². The van der Waals surface area contributed by atoms with Crippen LogP contribution in [0.5, 0.6) is 0 Å². The number of carbonyl (C=O) groups excluding carboxylic acids is 1. The summed E-state index contributed by atoms with van der Waals surface area (Å²) in [6.45, 7) is 3.44. The third-order valence-corrected chi connectivity index (χ3v) is 4.09. The summed E-state index contributed by atoms with van der Waals surface area (Å²) in [7, 11) is 0. The highest BCUT2D eigenvalue weighted by Crippen LogP contribution is 2.23. The molecule has 1 aliphatic rings. The highest BCUT2D eigenvalue weighted by atomic mass is 16.4. The van der Waals surface area contributed by atoms with Crippen molar-refractivity contribution >= 4 is 11.9 Å². The molecule has 1 fully saturated rings. The average molecular weight is 290 g/mol. The molecule has 1 amide bonds. The standard InChI is InChI=1S/C16H22N2O3/c1-2-13-10-17-8-7-14(13)16(21)18-9-3-4-12(11-18)5-6-15(19)20/h7-8,10,12H,2-6,9,11H2,1H3,(H,19,20). The zero-order chi connectivity index (χ0) is 15.2. The largest absolute Gasteiger partial charge is 0.481 e. The third kappa shape index (κ3) is 4.03. The molecule has 0 saturated carbocycles. The predicted molar refractivity (Wildman–Crippen MR) is 79.1 cm³/mol. The zero-order valence-corrected chi connectivity index (χ0v) is 12.4. The van der Waals surface area contributed by atoms with E-state index in [-0.39, 0.29) is 12.3 Å². The summed E-state index contributed by atoms with van der Waals surface area (Å²) < 4.78 is 0. The molecule has 2 heterocycles. The fourth-order valence-electron chi connectivity index (χ4n) is 2.90. The van der Waals surface area contributed by atoms with Gasteiger partial charge in [-0.25, -0.2) is 0 Å². The van der Waals surface area contributed by atoms with Crippen LogP contribution in [0.3, 0.4) is 0 Å². The first-order chi connectivity index (χ1) is 10.1. The first kappa shape index (κ1) is 15.5. The molecule has 0 radical (unpaired) electrons. The van der Waals surface area contributed by atoms with Gasteiger partial charge in [0.2, 0.25) is 0 Å². The van der Waals surface area contributed by atoms with Gasteiger partial charge < -0.3 is 10.0 Å². The van der Waals surface area contributed by atoms with E-state index in [2.05, 4.69) is 4.98 Å². The van der Waals surface area contributed by atoms with Gasteiger partial charge in [-0.2, -0.15) is 0 Å². The number of carboxylic acid groups (broad SMARTS) is 1. The lowest BCUT2D eigenvalue weighted by atomic mass is 9.92. The number of aliphatic carboxylic acids is 1. The van der Waals surface area contributed by atoms with Gasteiger partial charge >= 0.3 is 5.97 Å². The average Bonchev–Trinajstić information content (AvgIpc) is 2.52. The molecule has 2 rings (SSSR count). The van der Waals surface area contributed by atoms with Crippen molar-refractivity contribution in [2.24, 2.45) is 5.92 Å². The van der Waals surface area contributed by atoms with E-state index in [9.17, 15) is 9.59 Å². The fourth-order valence-corrected chi connectivity index (χ4v) is 2.90. The monoisotopic (exact) mass is 290 g/mol. The van der Waals surface area contributed by atoms with E-state index in [0.717, 1.165) is 36.9 Å². The van der Waals surface area contributed by atoms with E-state index >= 15 is 0 Å². The van der Waals surface area contributed by atoms with Gasteiger partial charge in [-0.1, -0.05) is 6.92 Å². The van der Waals surface area contributed by atoms with Gasteiger partial charge in [0.15, 0.2) is 0 Å². The van der Waals surface area contributed by atoms with Gasteiger partial charge in [0, 0.05) is 37.5 Å². The zero-order valence-electron chi connectivity index (χ0n) is 12.4. The number of hydrogen-bond donors (Lipinski definition) is 1. The number of rotatable bonds is 5. The SMILES string of the molecule is CCc1cnccc1C(=O)N1CCCC(CCC(=O)O)C1. The molecule has 1 aromatic rings. The Morgan fingerprint density at radius 1 is 1.48 bits per heavy atom. The van der Waals surface area contributed by atoms with Crippen LogP contribution in [0.1, 0.15) is 48.5 Å². The lowest BCUT2D eigenvalue weighted by molar-refractivity contribution is -0.137. The molecule has 0 bridgehead atoms. The van der Waals surface area contributed by atoms with Crippen LogP contribution in [0, 0.1) is 5.92 Å². The Bertz CT molecular complexity index is 516. The molecule has 1 N–H and O–H groups in total. The first-order valence-electron chi connectivity index (χ1n) is 7.55. The summed E-state index contributed by atoms with van der Waals surface area (Å²) in [6, 6.07) is 1.78. The minimum absolute atomic E-state index is 0.0503. The smallest absolute Gasteiger partial charge is 0.303 e. The maximum absolute atomic E-state index is 12.6. The van der Waals surface area contributed by atoms with Crippen LogP contribution < -0.4 is 0 Å². The Labute approximate surface area is 125 Å². The molecular weight excluding hydrogens is 268 g/mol. The normalized spacial score (nSPS) is 18.5. The topological polar surface area (TPSA) is 70.5 Å². The summed E-state index contributed by atoms with van der Waals surface area (Å²) in [5, 5.41) is 8.78. The molecule has 114 valence electrons. The second kappa shape index (κ2) is 7.20. The van der Waals surface area contributed by atoms with E-state index in [1.807, 2.05) is 11.8 Å². The Kier molecular flexibility index (Phi) is 5.31. The number of amides is 1. The lowest BCUT2D eigenvalue weighted by Gasteiger charge is -2.33. The van der Waals surface area contributed by atoms with E-state index in [4.69, 9.17) is 5.11 Å². The Morgan fingerprint density at radius 2 is 2.29 bits per heavy atom. The minimum atomic E-state index is -0.763. The molecule has 1 unspecified atom stereocenters. The first-order valence-corrected chi connectivity index (χ1v) is 7.55. The Morgan fingerprint density at radius 3 is 3.00 bits per heavy atom. The van der Waals surface area contributed by atoms with E-state index in [1.165, 1.54) is 0 Å². The minimum Gasteiger partial charge on any atom is -0.481 e. The lowest BCUT2D eigenvalue weighted by Crippen LogP contribution is -2.40. The summed E-state index contributed by atoms with van der Waals surface area (Å²) in [4.78, 5) is 29.3. The summed E-state index contributed by atoms with van der Waals surface area (Å²) in [6.07, 6.45) is 6.97. The number of aromatic nitrogens is 1. The number of hydrogen-bond acceptors (Lipinski definition) is 3. The molecule has 1 saturated heterocycles. The van der Waals surface area contributed by atoms with Crippen LogP contribution in [0.15, 0.2) is 18.5 Å². The van der Waals surface area contributed by atoms with Crippen LogP contribution in [0.2, 0.25) is 0 Å². The number of carboxylic acids is 1. The Balaban J connectivity index is 2.03. The van der Waals surface area contributed by atoms with Gasteiger partial charge in [0.25, 0.3) is 5.91 Å². The number of piperidine rings is 1. The summed E-state index contributed by atoms with van der Waals surface area (Å²) in [5.41, 5.74) is 1.70. The molecule has 0 aromatic carbocycles. The molecule has 21 heavy (non-hydrogen) atoms. The summed E-state index contributed by atoms with van der Waals surface area (Å²) >= 11 is 0. The van der Waals surface area contributed by atoms with Crippen LogP contribution in [-0.4, -0.2) is 40.0 Å².